The minimum absolute atomic E-state index is 0.0597. The van der Waals surface area contributed by atoms with Crippen molar-refractivity contribution in [3.63, 3.8) is 0 Å². The standard InChI is InChI=1S/C20H31N3O4S/c1-19(2)13-16(14-20(3,4)22-19)21-18(24)15-5-7-17(8-6-15)28(25,26)23-9-11-27-12-10-23/h5-8,16,22H,9-14H2,1-4H3,(H,21,24). The van der Waals surface area contributed by atoms with Gasteiger partial charge in [-0.25, -0.2) is 8.42 Å². The summed E-state index contributed by atoms with van der Waals surface area (Å²) < 4.78 is 32.0. The topological polar surface area (TPSA) is 87.7 Å². The van der Waals surface area contributed by atoms with Crippen molar-refractivity contribution in [2.75, 3.05) is 26.3 Å². The van der Waals surface area contributed by atoms with Crippen molar-refractivity contribution in [3.8, 4) is 0 Å². The van der Waals surface area contributed by atoms with Crippen LogP contribution < -0.4 is 10.6 Å². The molecule has 0 bridgehead atoms. The zero-order valence-electron chi connectivity index (χ0n) is 17.1. The Kier molecular flexibility index (Phi) is 5.87. The Morgan fingerprint density at radius 3 is 2.14 bits per heavy atom. The molecule has 2 aliphatic rings. The Hall–Kier alpha value is -1.48. The van der Waals surface area contributed by atoms with E-state index in [1.54, 1.807) is 12.1 Å². The zero-order valence-corrected chi connectivity index (χ0v) is 17.9. The Morgan fingerprint density at radius 1 is 1.07 bits per heavy atom. The number of morpholine rings is 1. The van der Waals surface area contributed by atoms with Crippen LogP contribution in [0, 0.1) is 0 Å². The number of nitrogens with zero attached hydrogens (tertiary/aromatic N) is 1. The van der Waals surface area contributed by atoms with Crippen molar-refractivity contribution >= 4 is 15.9 Å². The molecule has 0 atom stereocenters. The molecule has 0 spiro atoms. The minimum atomic E-state index is -3.55. The van der Waals surface area contributed by atoms with Crippen LogP contribution in [0.25, 0.3) is 0 Å². The average molecular weight is 410 g/mol. The lowest BCUT2D eigenvalue weighted by Gasteiger charge is -2.46. The molecule has 1 amide bonds. The molecule has 0 radical (unpaired) electrons. The summed E-state index contributed by atoms with van der Waals surface area (Å²) in [5.41, 5.74) is 0.348. The lowest BCUT2D eigenvalue weighted by atomic mass is 9.79. The quantitative estimate of drug-likeness (QED) is 0.791. The number of piperidine rings is 1. The van der Waals surface area contributed by atoms with Crippen LogP contribution in [0.5, 0.6) is 0 Å². The summed E-state index contributed by atoms with van der Waals surface area (Å²) in [6.45, 7) is 10.1. The highest BCUT2D eigenvalue weighted by molar-refractivity contribution is 7.89. The van der Waals surface area contributed by atoms with Crippen LogP contribution in [-0.4, -0.2) is 62.1 Å². The smallest absolute Gasteiger partial charge is 0.251 e. The van der Waals surface area contributed by atoms with Crippen molar-refractivity contribution < 1.29 is 17.9 Å². The van der Waals surface area contributed by atoms with Crippen LogP contribution >= 0.6 is 0 Å². The van der Waals surface area contributed by atoms with Gasteiger partial charge in [-0.3, -0.25) is 4.79 Å². The number of hydrogen-bond acceptors (Lipinski definition) is 5. The summed E-state index contributed by atoms with van der Waals surface area (Å²) in [4.78, 5) is 12.9. The SMILES string of the molecule is CC1(C)CC(NC(=O)c2ccc(S(=O)(=O)N3CCOCC3)cc2)CC(C)(C)N1. The largest absolute Gasteiger partial charge is 0.379 e. The molecule has 0 aliphatic carbocycles. The van der Waals surface area contributed by atoms with Gasteiger partial charge >= 0.3 is 0 Å². The summed E-state index contributed by atoms with van der Waals surface area (Å²) in [6.07, 6.45) is 1.68. The van der Waals surface area contributed by atoms with E-state index in [4.69, 9.17) is 4.74 Å². The van der Waals surface area contributed by atoms with Gasteiger partial charge in [0.15, 0.2) is 0 Å². The van der Waals surface area contributed by atoms with Crippen molar-refractivity contribution in [2.45, 2.75) is 62.6 Å². The molecule has 2 heterocycles. The van der Waals surface area contributed by atoms with Gasteiger partial charge in [-0.05, 0) is 64.8 Å². The fraction of sp³-hybridized carbons (Fsp3) is 0.650. The Morgan fingerprint density at radius 2 is 1.61 bits per heavy atom. The first kappa shape index (κ1) is 21.2. The third-order valence-corrected chi connectivity index (χ3v) is 7.16. The second kappa shape index (κ2) is 7.74. The molecule has 1 aromatic rings. The third-order valence-electron chi connectivity index (χ3n) is 5.25. The van der Waals surface area contributed by atoms with E-state index in [1.807, 2.05) is 0 Å². The number of ether oxygens (including phenoxy) is 1. The van der Waals surface area contributed by atoms with Gasteiger partial charge in [-0.2, -0.15) is 4.31 Å². The van der Waals surface area contributed by atoms with Crippen LogP contribution in [-0.2, 0) is 14.8 Å². The number of carbonyl (C=O) groups is 1. The Bertz CT molecular complexity index is 796. The molecular formula is C20H31N3O4S. The number of benzene rings is 1. The van der Waals surface area contributed by atoms with Gasteiger partial charge in [0.05, 0.1) is 18.1 Å². The maximum Gasteiger partial charge on any atom is 0.251 e. The van der Waals surface area contributed by atoms with Crippen molar-refractivity contribution in [1.82, 2.24) is 14.9 Å². The summed E-state index contributed by atoms with van der Waals surface area (Å²) in [5, 5.41) is 6.71. The highest BCUT2D eigenvalue weighted by Gasteiger charge is 2.38. The van der Waals surface area contributed by atoms with Crippen molar-refractivity contribution in [1.29, 1.82) is 0 Å². The number of sulfonamides is 1. The summed E-state index contributed by atoms with van der Waals surface area (Å²) in [7, 11) is -3.55. The molecule has 0 unspecified atom stereocenters. The van der Waals surface area contributed by atoms with E-state index in [-0.39, 0.29) is 27.9 Å². The first-order valence-electron chi connectivity index (χ1n) is 9.77. The van der Waals surface area contributed by atoms with E-state index in [0.717, 1.165) is 12.8 Å². The van der Waals surface area contributed by atoms with E-state index >= 15 is 0 Å². The molecule has 3 rings (SSSR count). The molecule has 2 saturated heterocycles. The molecule has 2 fully saturated rings. The molecule has 2 N–H and O–H groups in total. The van der Waals surface area contributed by atoms with Gasteiger partial charge < -0.3 is 15.4 Å². The van der Waals surface area contributed by atoms with Gasteiger partial charge in [-0.15, -0.1) is 0 Å². The van der Waals surface area contributed by atoms with E-state index in [2.05, 4.69) is 38.3 Å². The Labute approximate surface area is 167 Å². The lowest BCUT2D eigenvalue weighted by Crippen LogP contribution is -2.62. The molecule has 28 heavy (non-hydrogen) atoms. The maximum atomic E-state index is 12.7. The van der Waals surface area contributed by atoms with E-state index in [0.29, 0.717) is 31.9 Å². The van der Waals surface area contributed by atoms with Gasteiger partial charge in [0.2, 0.25) is 10.0 Å². The number of carbonyl (C=O) groups excluding carboxylic acids is 1. The average Bonchev–Trinajstić information content (AvgIpc) is 2.60. The predicted molar refractivity (Wildman–Crippen MR) is 108 cm³/mol. The molecule has 2 aliphatic heterocycles. The van der Waals surface area contributed by atoms with Crippen LogP contribution in [0.1, 0.15) is 50.9 Å². The van der Waals surface area contributed by atoms with E-state index in [1.165, 1.54) is 16.4 Å². The second-order valence-electron chi connectivity index (χ2n) is 9.01. The molecule has 7 nitrogen and oxygen atoms in total. The summed E-state index contributed by atoms with van der Waals surface area (Å²) in [6, 6.07) is 6.25. The molecule has 0 aromatic heterocycles. The monoisotopic (exact) mass is 409 g/mol. The summed E-state index contributed by atoms with van der Waals surface area (Å²) in [5.74, 6) is -0.172. The lowest BCUT2D eigenvalue weighted by molar-refractivity contribution is 0.0730. The Balaban J connectivity index is 1.68. The first-order chi connectivity index (χ1) is 13.0. The predicted octanol–water partition coefficient (Wildman–Crippen LogP) is 1.75. The molecule has 8 heteroatoms. The van der Waals surface area contributed by atoms with E-state index in [9.17, 15) is 13.2 Å². The van der Waals surface area contributed by atoms with Crippen molar-refractivity contribution in [3.05, 3.63) is 29.8 Å². The van der Waals surface area contributed by atoms with Crippen molar-refractivity contribution in [2.24, 2.45) is 0 Å². The van der Waals surface area contributed by atoms with Gasteiger partial charge in [-0.1, -0.05) is 0 Å². The van der Waals surface area contributed by atoms with Crippen LogP contribution in [0.15, 0.2) is 29.2 Å². The molecule has 156 valence electrons. The maximum absolute atomic E-state index is 12.7. The second-order valence-corrected chi connectivity index (χ2v) is 11.0. The van der Waals surface area contributed by atoms with E-state index < -0.39 is 10.0 Å². The summed E-state index contributed by atoms with van der Waals surface area (Å²) >= 11 is 0. The third kappa shape index (κ3) is 4.92. The van der Waals surface area contributed by atoms with Crippen LogP contribution in [0.2, 0.25) is 0 Å². The number of rotatable bonds is 4. The number of amides is 1. The molecule has 0 saturated carbocycles. The number of hydrogen-bond donors (Lipinski definition) is 2. The fourth-order valence-electron chi connectivity index (χ4n) is 4.41. The van der Waals surface area contributed by atoms with Gasteiger partial charge in [0.1, 0.15) is 0 Å². The van der Waals surface area contributed by atoms with Crippen LogP contribution in [0.3, 0.4) is 0 Å². The normalized spacial score (nSPS) is 23.3. The highest BCUT2D eigenvalue weighted by atomic mass is 32.2. The van der Waals surface area contributed by atoms with Crippen LogP contribution in [0.4, 0.5) is 0 Å². The first-order valence-corrected chi connectivity index (χ1v) is 11.2. The van der Waals surface area contributed by atoms with Gasteiger partial charge in [0, 0.05) is 35.8 Å². The highest BCUT2D eigenvalue weighted by Crippen LogP contribution is 2.28. The molecule has 1 aromatic carbocycles. The zero-order chi connectivity index (χ0) is 20.6. The fourth-order valence-corrected chi connectivity index (χ4v) is 5.82. The minimum Gasteiger partial charge on any atom is -0.379 e. The molecular weight excluding hydrogens is 378 g/mol. The van der Waals surface area contributed by atoms with Gasteiger partial charge in [0.25, 0.3) is 5.91 Å². The number of nitrogens with one attached hydrogen (secondary N) is 2.